The second-order valence-electron chi connectivity index (χ2n) is 6.80. The first-order valence-electron chi connectivity index (χ1n) is 9.09. The summed E-state index contributed by atoms with van der Waals surface area (Å²) in [4.78, 5) is 22.5. The van der Waals surface area contributed by atoms with Crippen LogP contribution in [-0.2, 0) is 11.3 Å². The molecule has 3 rings (SSSR count). The Morgan fingerprint density at radius 3 is 2.37 bits per heavy atom. The molecule has 1 amide bonds. The van der Waals surface area contributed by atoms with Crippen LogP contribution >= 0.6 is 0 Å². The molecule has 1 saturated carbocycles. The van der Waals surface area contributed by atoms with E-state index in [-0.39, 0.29) is 24.1 Å². The first-order valence-corrected chi connectivity index (χ1v) is 9.09. The second-order valence-corrected chi connectivity index (χ2v) is 6.80. The highest BCUT2D eigenvalue weighted by molar-refractivity contribution is 5.87. The van der Waals surface area contributed by atoms with Gasteiger partial charge in [0.25, 0.3) is 5.91 Å². The Kier molecular flexibility index (Phi) is 6.08. The fraction of sp³-hybridized carbons (Fsp3) is 0.333. The molecule has 27 heavy (non-hydrogen) atoms. The largest absolute Gasteiger partial charge is 0.484 e. The Labute approximate surface area is 158 Å². The summed E-state index contributed by atoms with van der Waals surface area (Å²) in [6, 6.07) is 15.0. The maximum Gasteiger partial charge on any atom is 0.335 e. The average molecular weight is 368 g/mol. The van der Waals surface area contributed by atoms with Gasteiger partial charge in [0.2, 0.25) is 0 Å². The molecule has 1 unspecified atom stereocenters. The van der Waals surface area contributed by atoms with Gasteiger partial charge in [-0.05, 0) is 55.2 Å². The number of benzene rings is 2. The zero-order chi connectivity index (χ0) is 19.2. The van der Waals surface area contributed by atoms with E-state index in [1.807, 2.05) is 36.4 Å². The number of ether oxygens (including phenoxy) is 1. The number of aromatic carboxylic acids is 1. The number of hydrogen-bond donors (Lipinski definition) is 3. The van der Waals surface area contributed by atoms with Gasteiger partial charge < -0.3 is 20.5 Å². The third kappa shape index (κ3) is 5.82. The molecule has 2 aromatic rings. The lowest BCUT2D eigenvalue weighted by Gasteiger charge is -2.15. The van der Waals surface area contributed by atoms with E-state index in [1.165, 1.54) is 0 Å². The van der Waals surface area contributed by atoms with E-state index in [4.69, 9.17) is 9.84 Å². The molecule has 0 spiro atoms. The molecule has 0 aliphatic heterocycles. The number of carboxylic acids is 1. The molecule has 0 bridgehead atoms. The summed E-state index contributed by atoms with van der Waals surface area (Å²) in [5.74, 6) is -0.332. The van der Waals surface area contributed by atoms with Crippen LogP contribution in [0.5, 0.6) is 5.75 Å². The third-order valence-electron chi connectivity index (χ3n) is 4.51. The van der Waals surface area contributed by atoms with Crippen LogP contribution in [0, 0.1) is 0 Å². The van der Waals surface area contributed by atoms with Crippen molar-refractivity contribution in [1.82, 2.24) is 10.6 Å². The summed E-state index contributed by atoms with van der Waals surface area (Å²) in [6.07, 6.45) is 2.13. The van der Waals surface area contributed by atoms with Crippen molar-refractivity contribution < 1.29 is 19.4 Å². The molecule has 3 N–H and O–H groups in total. The van der Waals surface area contributed by atoms with Crippen molar-refractivity contribution >= 4 is 11.9 Å². The second kappa shape index (κ2) is 8.68. The first kappa shape index (κ1) is 18.9. The molecular formula is C21H24N2O4. The zero-order valence-electron chi connectivity index (χ0n) is 15.3. The van der Waals surface area contributed by atoms with Crippen molar-refractivity contribution in [3.05, 3.63) is 65.2 Å². The fourth-order valence-electron chi connectivity index (χ4n) is 2.65. The lowest BCUT2D eigenvalue weighted by atomic mass is 10.1. The summed E-state index contributed by atoms with van der Waals surface area (Å²) in [7, 11) is 0. The molecule has 6 heteroatoms. The molecule has 1 fully saturated rings. The van der Waals surface area contributed by atoms with Crippen LogP contribution < -0.4 is 15.4 Å². The number of carbonyl (C=O) groups excluding carboxylic acids is 1. The van der Waals surface area contributed by atoms with Gasteiger partial charge in [-0.1, -0.05) is 24.3 Å². The van der Waals surface area contributed by atoms with Crippen LogP contribution in [0.3, 0.4) is 0 Å². The minimum Gasteiger partial charge on any atom is -0.484 e. The van der Waals surface area contributed by atoms with E-state index in [2.05, 4.69) is 17.6 Å². The Balaban J connectivity index is 1.45. The molecule has 0 heterocycles. The van der Waals surface area contributed by atoms with Gasteiger partial charge in [0, 0.05) is 18.6 Å². The van der Waals surface area contributed by atoms with Crippen molar-refractivity contribution in [2.45, 2.75) is 38.4 Å². The van der Waals surface area contributed by atoms with Gasteiger partial charge in [0.15, 0.2) is 6.61 Å². The normalized spacial score (nSPS) is 14.4. The third-order valence-corrected chi connectivity index (χ3v) is 4.51. The molecule has 1 aliphatic carbocycles. The molecule has 142 valence electrons. The van der Waals surface area contributed by atoms with Crippen LogP contribution in [0.2, 0.25) is 0 Å². The molecule has 1 aliphatic rings. The summed E-state index contributed by atoms with van der Waals surface area (Å²) in [5, 5.41) is 15.2. The van der Waals surface area contributed by atoms with Crippen molar-refractivity contribution in [3.8, 4) is 5.75 Å². The summed E-state index contributed by atoms with van der Waals surface area (Å²) in [5.41, 5.74) is 2.41. The van der Waals surface area contributed by atoms with Gasteiger partial charge in [0.05, 0.1) is 5.56 Å². The van der Waals surface area contributed by atoms with E-state index in [9.17, 15) is 9.59 Å². The van der Waals surface area contributed by atoms with Gasteiger partial charge in [-0.15, -0.1) is 0 Å². The Bertz CT molecular complexity index is 783. The number of carboxylic acid groups (broad SMARTS) is 1. The summed E-state index contributed by atoms with van der Waals surface area (Å²) < 4.78 is 5.51. The van der Waals surface area contributed by atoms with Crippen LogP contribution in [0.1, 0.15) is 47.3 Å². The van der Waals surface area contributed by atoms with E-state index in [0.29, 0.717) is 18.3 Å². The predicted molar refractivity (Wildman–Crippen MR) is 102 cm³/mol. The fourth-order valence-corrected chi connectivity index (χ4v) is 2.65. The Morgan fingerprint density at radius 1 is 1.11 bits per heavy atom. The monoisotopic (exact) mass is 368 g/mol. The van der Waals surface area contributed by atoms with E-state index >= 15 is 0 Å². The number of hydrogen-bond acceptors (Lipinski definition) is 4. The number of rotatable bonds is 9. The maximum atomic E-state index is 11.6. The predicted octanol–water partition coefficient (Wildman–Crippen LogP) is 2.89. The van der Waals surface area contributed by atoms with E-state index in [0.717, 1.165) is 24.0 Å². The highest BCUT2D eigenvalue weighted by Gasteiger charge is 2.23. The SMILES string of the molecule is CC(NCc1ccc(C(=O)O)cc1)c1ccc(OCC(=O)NC2CC2)cc1. The minimum atomic E-state index is -0.921. The van der Waals surface area contributed by atoms with Crippen molar-refractivity contribution in [1.29, 1.82) is 0 Å². The quantitative estimate of drug-likeness (QED) is 0.633. The zero-order valence-corrected chi connectivity index (χ0v) is 15.3. The number of nitrogens with one attached hydrogen (secondary N) is 2. The molecule has 6 nitrogen and oxygen atoms in total. The summed E-state index contributed by atoms with van der Waals surface area (Å²) >= 11 is 0. The number of amides is 1. The van der Waals surface area contributed by atoms with Crippen molar-refractivity contribution in [2.24, 2.45) is 0 Å². The molecule has 1 atom stereocenters. The van der Waals surface area contributed by atoms with Gasteiger partial charge >= 0.3 is 5.97 Å². The lowest BCUT2D eigenvalue weighted by molar-refractivity contribution is -0.123. The van der Waals surface area contributed by atoms with Crippen LogP contribution in [0.4, 0.5) is 0 Å². The van der Waals surface area contributed by atoms with E-state index in [1.54, 1.807) is 12.1 Å². The van der Waals surface area contributed by atoms with E-state index < -0.39 is 5.97 Å². The minimum absolute atomic E-state index is 0.0377. The van der Waals surface area contributed by atoms with Gasteiger partial charge in [-0.25, -0.2) is 4.79 Å². The van der Waals surface area contributed by atoms with Crippen molar-refractivity contribution in [2.75, 3.05) is 6.61 Å². The first-order chi connectivity index (χ1) is 13.0. The van der Waals surface area contributed by atoms with Crippen LogP contribution in [0.25, 0.3) is 0 Å². The average Bonchev–Trinajstić information content (AvgIpc) is 3.49. The maximum absolute atomic E-state index is 11.6. The molecular weight excluding hydrogens is 344 g/mol. The van der Waals surface area contributed by atoms with Crippen LogP contribution in [-0.4, -0.2) is 29.6 Å². The highest BCUT2D eigenvalue weighted by Crippen LogP contribution is 2.20. The molecule has 0 saturated heterocycles. The molecule has 0 aromatic heterocycles. The van der Waals surface area contributed by atoms with Gasteiger partial charge in [0.1, 0.15) is 5.75 Å². The number of carbonyl (C=O) groups is 2. The Morgan fingerprint density at radius 2 is 1.78 bits per heavy atom. The molecule has 0 radical (unpaired) electrons. The molecule has 2 aromatic carbocycles. The van der Waals surface area contributed by atoms with Gasteiger partial charge in [-0.3, -0.25) is 4.79 Å². The highest BCUT2D eigenvalue weighted by atomic mass is 16.5. The summed E-state index contributed by atoms with van der Waals surface area (Å²) in [6.45, 7) is 2.74. The standard InChI is InChI=1S/C21H24N2O4/c1-14(22-12-15-2-4-17(5-3-15)21(25)26)16-6-10-19(11-7-16)27-13-20(24)23-18-8-9-18/h2-7,10-11,14,18,22H,8-9,12-13H2,1H3,(H,23,24)(H,25,26). The lowest BCUT2D eigenvalue weighted by Crippen LogP contribution is -2.30. The van der Waals surface area contributed by atoms with Crippen molar-refractivity contribution in [3.63, 3.8) is 0 Å². The Hall–Kier alpha value is -2.86. The van der Waals surface area contributed by atoms with Crippen LogP contribution in [0.15, 0.2) is 48.5 Å². The van der Waals surface area contributed by atoms with Gasteiger partial charge in [-0.2, -0.15) is 0 Å². The smallest absolute Gasteiger partial charge is 0.335 e. The topological polar surface area (TPSA) is 87.7 Å².